The van der Waals surface area contributed by atoms with Crippen LogP contribution in [0.2, 0.25) is 0 Å². The van der Waals surface area contributed by atoms with E-state index in [1.807, 2.05) is 29.2 Å². The van der Waals surface area contributed by atoms with Crippen molar-refractivity contribution in [1.29, 1.82) is 5.26 Å². The van der Waals surface area contributed by atoms with E-state index in [2.05, 4.69) is 11.0 Å². The lowest BCUT2D eigenvalue weighted by molar-refractivity contribution is 0.0718. The second-order valence-electron chi connectivity index (χ2n) is 9.60. The number of imidazole rings is 1. The number of rotatable bonds is 4. The van der Waals surface area contributed by atoms with Crippen molar-refractivity contribution < 1.29 is 4.79 Å². The van der Waals surface area contributed by atoms with Gasteiger partial charge in [-0.2, -0.15) is 5.26 Å². The van der Waals surface area contributed by atoms with E-state index in [1.54, 1.807) is 17.7 Å². The largest absolute Gasteiger partial charge is 0.368 e. The quantitative estimate of drug-likeness (QED) is 0.622. The zero-order chi connectivity index (χ0) is 24.5. The maximum atomic E-state index is 13.4. The highest BCUT2D eigenvalue weighted by molar-refractivity contribution is 5.98. The summed E-state index contributed by atoms with van der Waals surface area (Å²) in [5.41, 5.74) is 9.69. The SMILES string of the molecule is Cn1c(=O)n(Cc2ccccc2C#N)c2c(N3CCCC(N)C3)cc(C(=O)N3CCCCC3)nc21. The monoisotopic (exact) mass is 473 g/mol. The minimum absolute atomic E-state index is 0.0245. The first-order chi connectivity index (χ1) is 17.0. The van der Waals surface area contributed by atoms with Gasteiger partial charge in [0.25, 0.3) is 5.91 Å². The van der Waals surface area contributed by atoms with Crippen molar-refractivity contribution in [2.24, 2.45) is 12.8 Å². The second-order valence-corrected chi connectivity index (χ2v) is 9.60. The second kappa shape index (κ2) is 9.55. The zero-order valence-electron chi connectivity index (χ0n) is 20.1. The van der Waals surface area contributed by atoms with Crippen LogP contribution in [0, 0.1) is 11.3 Å². The molecular formula is C26H31N7O2. The van der Waals surface area contributed by atoms with Gasteiger partial charge in [-0.15, -0.1) is 0 Å². The number of pyridine rings is 1. The van der Waals surface area contributed by atoms with Gasteiger partial charge in [0, 0.05) is 39.3 Å². The van der Waals surface area contributed by atoms with E-state index in [1.165, 1.54) is 4.57 Å². The first-order valence-electron chi connectivity index (χ1n) is 12.4. The lowest BCUT2D eigenvalue weighted by Gasteiger charge is -2.33. The Balaban J connectivity index is 1.68. The first kappa shape index (κ1) is 23.1. The van der Waals surface area contributed by atoms with E-state index in [-0.39, 0.29) is 24.2 Å². The molecule has 0 aliphatic carbocycles. The maximum Gasteiger partial charge on any atom is 0.330 e. The van der Waals surface area contributed by atoms with Crippen LogP contribution in [-0.2, 0) is 13.6 Å². The van der Waals surface area contributed by atoms with E-state index < -0.39 is 0 Å². The van der Waals surface area contributed by atoms with Gasteiger partial charge in [-0.3, -0.25) is 13.9 Å². The van der Waals surface area contributed by atoms with Gasteiger partial charge >= 0.3 is 5.69 Å². The van der Waals surface area contributed by atoms with Gasteiger partial charge in [-0.1, -0.05) is 18.2 Å². The smallest absolute Gasteiger partial charge is 0.330 e. The van der Waals surface area contributed by atoms with Crippen molar-refractivity contribution in [1.82, 2.24) is 19.0 Å². The van der Waals surface area contributed by atoms with Crippen molar-refractivity contribution in [3.05, 3.63) is 57.6 Å². The van der Waals surface area contributed by atoms with Crippen LogP contribution in [0.5, 0.6) is 0 Å². The number of likely N-dealkylation sites (tertiary alicyclic amines) is 1. The fraction of sp³-hybridized carbons (Fsp3) is 0.462. The van der Waals surface area contributed by atoms with Crippen LogP contribution in [0.1, 0.15) is 53.7 Å². The van der Waals surface area contributed by atoms with E-state index >= 15 is 0 Å². The molecule has 9 heteroatoms. The van der Waals surface area contributed by atoms with E-state index in [9.17, 15) is 14.9 Å². The molecule has 1 atom stereocenters. The highest BCUT2D eigenvalue weighted by Crippen LogP contribution is 2.30. The molecule has 1 amide bonds. The van der Waals surface area contributed by atoms with Crippen LogP contribution in [0.4, 0.5) is 5.69 Å². The Bertz CT molecular complexity index is 1360. The van der Waals surface area contributed by atoms with Gasteiger partial charge in [-0.05, 0) is 49.8 Å². The van der Waals surface area contributed by atoms with Crippen LogP contribution < -0.4 is 16.3 Å². The number of hydrogen-bond donors (Lipinski definition) is 1. The van der Waals surface area contributed by atoms with Crippen LogP contribution in [0.15, 0.2) is 35.1 Å². The lowest BCUT2D eigenvalue weighted by Crippen LogP contribution is -2.43. The number of anilines is 1. The number of carbonyl (C=O) groups is 1. The average molecular weight is 474 g/mol. The van der Waals surface area contributed by atoms with E-state index in [0.29, 0.717) is 29.0 Å². The van der Waals surface area contributed by atoms with Crippen LogP contribution in [0.3, 0.4) is 0 Å². The van der Waals surface area contributed by atoms with Crippen molar-refractivity contribution in [3.63, 3.8) is 0 Å². The molecule has 4 heterocycles. The molecule has 1 unspecified atom stereocenters. The predicted molar refractivity (Wildman–Crippen MR) is 134 cm³/mol. The van der Waals surface area contributed by atoms with Crippen LogP contribution >= 0.6 is 0 Å². The van der Waals surface area contributed by atoms with Crippen LogP contribution in [0.25, 0.3) is 11.2 Å². The molecule has 35 heavy (non-hydrogen) atoms. The molecule has 2 aromatic heterocycles. The topological polar surface area (TPSA) is 113 Å². The summed E-state index contributed by atoms with van der Waals surface area (Å²) >= 11 is 0. The molecule has 2 saturated heterocycles. The number of fused-ring (bicyclic) bond motifs is 1. The minimum atomic E-state index is -0.231. The standard InChI is InChI=1S/C26H31N7O2/c1-30-24-23(33(26(30)35)16-19-9-4-3-8-18(19)15-27)22(32-13-7-10-20(28)17-32)14-21(29-24)25(34)31-11-5-2-6-12-31/h3-4,8-9,14,20H,2,5-7,10-13,16-17,28H2,1H3. The third-order valence-corrected chi connectivity index (χ3v) is 7.19. The number of aryl methyl sites for hydroxylation is 1. The van der Waals surface area contributed by atoms with Crippen molar-refractivity contribution >= 4 is 22.8 Å². The summed E-state index contributed by atoms with van der Waals surface area (Å²) in [6.07, 6.45) is 5.01. The summed E-state index contributed by atoms with van der Waals surface area (Å²) in [5, 5.41) is 9.57. The molecule has 2 aliphatic rings. The number of nitriles is 1. The Kier molecular flexibility index (Phi) is 6.31. The Morgan fingerprint density at radius 3 is 2.69 bits per heavy atom. The normalized spacial score (nSPS) is 18.6. The molecule has 2 aliphatic heterocycles. The molecule has 1 aromatic carbocycles. The van der Waals surface area contributed by atoms with E-state index in [0.717, 1.165) is 63.0 Å². The summed E-state index contributed by atoms with van der Waals surface area (Å²) in [5.74, 6) is -0.0933. The van der Waals surface area contributed by atoms with Gasteiger partial charge in [-0.25, -0.2) is 9.78 Å². The predicted octanol–water partition coefficient (Wildman–Crippen LogP) is 2.21. The highest BCUT2D eigenvalue weighted by Gasteiger charge is 2.28. The summed E-state index contributed by atoms with van der Waals surface area (Å²) in [6, 6.07) is 11.4. The fourth-order valence-corrected chi connectivity index (χ4v) is 5.29. The molecule has 0 radical (unpaired) electrons. The number of nitrogens with zero attached hydrogens (tertiary/aromatic N) is 6. The average Bonchev–Trinajstić information content (AvgIpc) is 3.13. The molecule has 182 valence electrons. The maximum absolute atomic E-state index is 13.4. The van der Waals surface area contributed by atoms with Gasteiger partial charge in [0.05, 0.1) is 23.9 Å². The molecule has 0 bridgehead atoms. The highest BCUT2D eigenvalue weighted by atomic mass is 16.2. The number of carbonyl (C=O) groups excluding carboxylic acids is 1. The number of piperidine rings is 2. The third-order valence-electron chi connectivity index (χ3n) is 7.19. The Hall–Kier alpha value is -3.64. The lowest BCUT2D eigenvalue weighted by atomic mass is 10.1. The number of aromatic nitrogens is 3. The molecule has 0 spiro atoms. The molecule has 2 N–H and O–H groups in total. The zero-order valence-corrected chi connectivity index (χ0v) is 20.1. The van der Waals surface area contributed by atoms with Gasteiger partial charge in [0.15, 0.2) is 5.65 Å². The Morgan fingerprint density at radius 2 is 1.94 bits per heavy atom. The summed E-state index contributed by atoms with van der Waals surface area (Å²) in [7, 11) is 1.69. The van der Waals surface area contributed by atoms with Crippen LogP contribution in [-0.4, -0.2) is 57.1 Å². The van der Waals surface area contributed by atoms with Gasteiger partial charge in [0.1, 0.15) is 11.2 Å². The molecule has 0 saturated carbocycles. The van der Waals surface area contributed by atoms with E-state index in [4.69, 9.17) is 10.7 Å². The molecule has 9 nitrogen and oxygen atoms in total. The summed E-state index contributed by atoms with van der Waals surface area (Å²) in [6.45, 7) is 3.14. The Morgan fingerprint density at radius 1 is 1.17 bits per heavy atom. The number of hydrogen-bond acceptors (Lipinski definition) is 6. The van der Waals surface area contributed by atoms with Crippen molar-refractivity contribution in [3.8, 4) is 6.07 Å². The summed E-state index contributed by atoms with van der Waals surface area (Å²) in [4.78, 5) is 35.6. The van der Waals surface area contributed by atoms with Gasteiger partial charge < -0.3 is 15.5 Å². The fourth-order valence-electron chi connectivity index (χ4n) is 5.29. The van der Waals surface area contributed by atoms with Crippen molar-refractivity contribution in [2.45, 2.75) is 44.7 Å². The molecular weight excluding hydrogens is 442 g/mol. The minimum Gasteiger partial charge on any atom is -0.368 e. The Labute approximate surface area is 204 Å². The number of amides is 1. The molecule has 3 aromatic rings. The number of nitrogens with two attached hydrogens (primary N) is 1. The number of benzene rings is 1. The van der Waals surface area contributed by atoms with Gasteiger partial charge in [0.2, 0.25) is 0 Å². The third kappa shape index (κ3) is 4.30. The summed E-state index contributed by atoms with van der Waals surface area (Å²) < 4.78 is 3.17. The van der Waals surface area contributed by atoms with Crippen molar-refractivity contribution in [2.75, 3.05) is 31.1 Å². The molecule has 2 fully saturated rings. The molecule has 5 rings (SSSR count). The first-order valence-corrected chi connectivity index (χ1v) is 12.4.